The van der Waals surface area contributed by atoms with Crippen LogP contribution in [0.3, 0.4) is 0 Å². The van der Waals surface area contributed by atoms with E-state index in [2.05, 4.69) is 31.0 Å². The molecule has 0 bridgehead atoms. The number of benzene rings is 1. The molecule has 0 aliphatic heterocycles. The minimum Gasteiger partial charge on any atom is -0.293 e. The summed E-state index contributed by atoms with van der Waals surface area (Å²) >= 11 is 3.39. The molecule has 0 atom stereocenters. The quantitative estimate of drug-likeness (QED) is 0.381. The van der Waals surface area contributed by atoms with Gasteiger partial charge in [0.15, 0.2) is 11.6 Å². The molecule has 25 heavy (non-hydrogen) atoms. The van der Waals surface area contributed by atoms with E-state index in [9.17, 15) is 4.79 Å². The maximum absolute atomic E-state index is 11.6. The molecule has 0 aliphatic rings. The summed E-state index contributed by atoms with van der Waals surface area (Å²) in [5.41, 5.74) is 3.06. The monoisotopic (exact) mass is 392 g/mol. The Kier molecular flexibility index (Phi) is 3.89. The lowest BCUT2D eigenvalue weighted by molar-refractivity contribution is 0.101. The van der Waals surface area contributed by atoms with Crippen LogP contribution in [0.25, 0.3) is 28.0 Å². The van der Waals surface area contributed by atoms with E-state index in [1.165, 1.54) is 6.92 Å². The first-order valence-electron chi connectivity index (χ1n) is 7.71. The van der Waals surface area contributed by atoms with Crippen LogP contribution in [0.1, 0.15) is 17.4 Å². The van der Waals surface area contributed by atoms with Crippen molar-refractivity contribution in [1.29, 1.82) is 0 Å². The largest absolute Gasteiger partial charge is 0.293 e. The van der Waals surface area contributed by atoms with E-state index in [0.717, 1.165) is 32.6 Å². The van der Waals surface area contributed by atoms with Crippen molar-refractivity contribution < 1.29 is 4.79 Å². The van der Waals surface area contributed by atoms with Crippen LogP contribution in [0.2, 0.25) is 0 Å². The van der Waals surface area contributed by atoms with Crippen molar-refractivity contribution in [2.45, 2.75) is 6.92 Å². The highest BCUT2D eigenvalue weighted by Gasteiger charge is 2.10. The molecule has 0 spiro atoms. The van der Waals surface area contributed by atoms with Gasteiger partial charge in [-0.3, -0.25) is 4.79 Å². The van der Waals surface area contributed by atoms with Gasteiger partial charge in [-0.05, 0) is 46.3 Å². The van der Waals surface area contributed by atoms with Crippen molar-refractivity contribution in [2.75, 3.05) is 0 Å². The van der Waals surface area contributed by atoms with Gasteiger partial charge in [-0.1, -0.05) is 24.3 Å². The summed E-state index contributed by atoms with van der Waals surface area (Å²) in [6, 6.07) is 17.1. The van der Waals surface area contributed by atoms with Crippen molar-refractivity contribution in [1.82, 2.24) is 19.7 Å². The average Bonchev–Trinajstić information content (AvgIpc) is 3.05. The summed E-state index contributed by atoms with van der Waals surface area (Å²) in [4.78, 5) is 20.5. The molecule has 0 amide bonds. The molecule has 4 aromatic rings. The van der Waals surface area contributed by atoms with Gasteiger partial charge in [0.25, 0.3) is 0 Å². The molecular formula is C19H13BrN4O. The number of hydrogen-bond donors (Lipinski definition) is 0. The van der Waals surface area contributed by atoms with Gasteiger partial charge in [0.2, 0.25) is 0 Å². The molecule has 0 unspecified atom stereocenters. The van der Waals surface area contributed by atoms with Gasteiger partial charge in [0.05, 0.1) is 17.4 Å². The number of hydrogen-bond acceptors (Lipinski definition) is 4. The van der Waals surface area contributed by atoms with Gasteiger partial charge in [-0.15, -0.1) is 0 Å². The lowest BCUT2D eigenvalue weighted by atomic mass is 10.1. The fraction of sp³-hybridized carbons (Fsp3) is 0.0526. The van der Waals surface area contributed by atoms with E-state index >= 15 is 0 Å². The van der Waals surface area contributed by atoms with Crippen LogP contribution in [0.5, 0.6) is 0 Å². The predicted octanol–water partition coefficient (Wildman–Crippen LogP) is 4.45. The van der Waals surface area contributed by atoms with Crippen molar-refractivity contribution >= 4 is 32.6 Å². The number of halogens is 1. The molecule has 3 aromatic heterocycles. The number of fused-ring (bicyclic) bond motifs is 1. The van der Waals surface area contributed by atoms with Crippen molar-refractivity contribution in [3.8, 4) is 17.1 Å². The predicted molar refractivity (Wildman–Crippen MR) is 99.8 cm³/mol. The fourth-order valence-electron chi connectivity index (χ4n) is 2.67. The van der Waals surface area contributed by atoms with E-state index < -0.39 is 0 Å². The summed E-state index contributed by atoms with van der Waals surface area (Å²) in [7, 11) is 0. The molecule has 4 rings (SSSR count). The number of pyridine rings is 2. The molecule has 6 heteroatoms. The standard InChI is InChI=1S/C19H13BrN4O/c1-12(25)15-4-2-5-16(22-15)13-8-9-14-11-21-24(17(14)10-13)19-7-3-6-18(20)23-19/h2-11H,1H3. The lowest BCUT2D eigenvalue weighted by Crippen LogP contribution is -2.00. The summed E-state index contributed by atoms with van der Waals surface area (Å²) in [5, 5.41) is 5.45. The topological polar surface area (TPSA) is 60.7 Å². The molecular weight excluding hydrogens is 380 g/mol. The van der Waals surface area contributed by atoms with Gasteiger partial charge in [-0.25, -0.2) is 14.6 Å². The molecule has 5 nitrogen and oxygen atoms in total. The zero-order valence-corrected chi connectivity index (χ0v) is 14.9. The van der Waals surface area contributed by atoms with Crippen molar-refractivity contribution in [3.05, 3.63) is 71.1 Å². The van der Waals surface area contributed by atoms with Crippen LogP contribution in [0, 0.1) is 0 Å². The first-order valence-corrected chi connectivity index (χ1v) is 8.50. The van der Waals surface area contributed by atoms with Gasteiger partial charge >= 0.3 is 0 Å². The van der Waals surface area contributed by atoms with E-state index in [1.807, 2.05) is 48.5 Å². The number of rotatable bonds is 3. The molecule has 0 aliphatic carbocycles. The maximum atomic E-state index is 11.6. The number of carbonyl (C=O) groups is 1. The third-order valence-corrected chi connectivity index (χ3v) is 4.34. The number of ketones is 1. The molecule has 0 radical (unpaired) electrons. The lowest BCUT2D eigenvalue weighted by Gasteiger charge is -2.06. The van der Waals surface area contributed by atoms with E-state index in [-0.39, 0.29) is 5.78 Å². The number of Topliss-reactive ketones (excluding diaryl/α,β-unsaturated/α-hetero) is 1. The van der Waals surface area contributed by atoms with Gasteiger partial charge in [-0.2, -0.15) is 5.10 Å². The highest BCUT2D eigenvalue weighted by Crippen LogP contribution is 2.25. The maximum Gasteiger partial charge on any atom is 0.178 e. The zero-order chi connectivity index (χ0) is 17.4. The second kappa shape index (κ2) is 6.22. The molecule has 1 aromatic carbocycles. The van der Waals surface area contributed by atoms with Gasteiger partial charge in [0.1, 0.15) is 10.3 Å². The van der Waals surface area contributed by atoms with E-state index in [1.54, 1.807) is 16.9 Å². The highest BCUT2D eigenvalue weighted by molar-refractivity contribution is 9.10. The summed E-state index contributed by atoms with van der Waals surface area (Å²) < 4.78 is 2.54. The Morgan fingerprint density at radius 1 is 1.04 bits per heavy atom. The van der Waals surface area contributed by atoms with Gasteiger partial charge < -0.3 is 0 Å². The average molecular weight is 393 g/mol. The summed E-state index contributed by atoms with van der Waals surface area (Å²) in [5.74, 6) is 0.679. The number of nitrogens with zero attached hydrogens (tertiary/aromatic N) is 4. The van der Waals surface area contributed by atoms with Gasteiger partial charge in [0, 0.05) is 17.9 Å². The van der Waals surface area contributed by atoms with Crippen LogP contribution in [-0.2, 0) is 0 Å². The number of carbonyl (C=O) groups excluding carboxylic acids is 1. The minimum absolute atomic E-state index is 0.0497. The van der Waals surface area contributed by atoms with Crippen LogP contribution in [-0.4, -0.2) is 25.5 Å². The third-order valence-electron chi connectivity index (χ3n) is 3.89. The first kappa shape index (κ1) is 15.7. The van der Waals surface area contributed by atoms with Crippen molar-refractivity contribution in [3.63, 3.8) is 0 Å². The molecule has 122 valence electrons. The molecule has 3 heterocycles. The normalized spacial score (nSPS) is 11.0. The molecule has 0 saturated carbocycles. The second-order valence-electron chi connectivity index (χ2n) is 5.61. The fourth-order valence-corrected chi connectivity index (χ4v) is 3.00. The Labute approximate surface area is 152 Å². The van der Waals surface area contributed by atoms with Crippen LogP contribution in [0.15, 0.2) is 65.4 Å². The molecule has 0 saturated heterocycles. The Hall–Kier alpha value is -2.86. The summed E-state index contributed by atoms with van der Waals surface area (Å²) in [6.07, 6.45) is 1.81. The first-order chi connectivity index (χ1) is 12.1. The zero-order valence-electron chi connectivity index (χ0n) is 13.3. The SMILES string of the molecule is CC(=O)c1cccc(-c2ccc3cnn(-c4cccc(Br)n4)c3c2)n1. The Morgan fingerprint density at radius 2 is 1.88 bits per heavy atom. The van der Waals surface area contributed by atoms with Crippen molar-refractivity contribution in [2.24, 2.45) is 0 Å². The Morgan fingerprint density at radius 3 is 2.68 bits per heavy atom. The minimum atomic E-state index is -0.0497. The Balaban J connectivity index is 1.86. The van der Waals surface area contributed by atoms with Crippen LogP contribution in [0.4, 0.5) is 0 Å². The third kappa shape index (κ3) is 2.96. The van der Waals surface area contributed by atoms with Crippen LogP contribution >= 0.6 is 15.9 Å². The molecule has 0 fully saturated rings. The Bertz CT molecular complexity index is 1100. The highest BCUT2D eigenvalue weighted by atomic mass is 79.9. The molecule has 0 N–H and O–H groups in total. The van der Waals surface area contributed by atoms with Crippen LogP contribution < -0.4 is 0 Å². The second-order valence-corrected chi connectivity index (χ2v) is 6.43. The van der Waals surface area contributed by atoms with E-state index in [4.69, 9.17) is 0 Å². The smallest absolute Gasteiger partial charge is 0.178 e. The van der Waals surface area contributed by atoms with E-state index in [0.29, 0.717) is 5.69 Å². The number of aromatic nitrogens is 4. The summed E-state index contributed by atoms with van der Waals surface area (Å²) in [6.45, 7) is 1.52.